The van der Waals surface area contributed by atoms with Crippen LogP contribution in [0, 0.1) is 0 Å². The van der Waals surface area contributed by atoms with Crippen LogP contribution < -0.4 is 0 Å². The van der Waals surface area contributed by atoms with E-state index < -0.39 is 0 Å². The number of aromatic nitrogens is 2. The van der Waals surface area contributed by atoms with Crippen molar-refractivity contribution in [3.8, 4) is 0 Å². The molecule has 2 heterocycles. The van der Waals surface area contributed by atoms with Crippen molar-refractivity contribution in [3.63, 3.8) is 0 Å². The Labute approximate surface area is 112 Å². The molecule has 3 nitrogen and oxygen atoms in total. The normalized spacial score (nSPS) is 10.7. The molecule has 0 radical (unpaired) electrons. The van der Waals surface area contributed by atoms with E-state index in [-0.39, 0.29) is 5.78 Å². The van der Waals surface area contributed by atoms with Crippen molar-refractivity contribution < 1.29 is 4.79 Å². The number of nitrogens with zero attached hydrogens (tertiary/aromatic N) is 1. The number of nitrogens with one attached hydrogen (secondary N) is 1. The number of rotatable bonds is 2. The molecule has 0 aliphatic carbocycles. The summed E-state index contributed by atoms with van der Waals surface area (Å²) in [4.78, 5) is 19.6. The van der Waals surface area contributed by atoms with Crippen molar-refractivity contribution in [2.24, 2.45) is 0 Å². The summed E-state index contributed by atoms with van der Waals surface area (Å²) in [5.41, 5.74) is 2.22. The zero-order valence-corrected chi connectivity index (χ0v) is 10.9. The molecule has 0 fully saturated rings. The van der Waals surface area contributed by atoms with E-state index in [9.17, 15) is 4.79 Å². The van der Waals surface area contributed by atoms with E-state index in [2.05, 4.69) is 25.9 Å². The summed E-state index contributed by atoms with van der Waals surface area (Å²) in [5.74, 6) is -0.0123. The van der Waals surface area contributed by atoms with E-state index in [0.717, 1.165) is 15.4 Å². The maximum atomic E-state index is 12.5. The molecule has 0 saturated heterocycles. The third-order valence-corrected chi connectivity index (χ3v) is 3.54. The Bertz CT molecular complexity index is 733. The minimum atomic E-state index is -0.0123. The molecule has 3 rings (SSSR count). The molecular weight excluding hydrogens is 292 g/mol. The molecule has 0 atom stereocenters. The van der Waals surface area contributed by atoms with E-state index in [4.69, 9.17) is 0 Å². The van der Waals surface area contributed by atoms with Gasteiger partial charge in [-0.3, -0.25) is 9.78 Å². The summed E-state index contributed by atoms with van der Waals surface area (Å²) in [6, 6.07) is 9.26. The fourth-order valence-corrected chi connectivity index (χ4v) is 2.41. The van der Waals surface area contributed by atoms with Crippen molar-refractivity contribution in [1.82, 2.24) is 9.97 Å². The summed E-state index contributed by atoms with van der Waals surface area (Å²) < 4.78 is 0.799. The van der Waals surface area contributed by atoms with Gasteiger partial charge in [0.1, 0.15) is 0 Å². The highest BCUT2D eigenvalue weighted by molar-refractivity contribution is 9.10. The molecule has 4 heteroatoms. The second kappa shape index (κ2) is 4.38. The number of fused-ring (bicyclic) bond motifs is 1. The summed E-state index contributed by atoms with van der Waals surface area (Å²) >= 11 is 3.40. The molecule has 0 unspecified atom stereocenters. The Hall–Kier alpha value is -1.94. The Balaban J connectivity index is 2.16. The molecule has 2 aromatic heterocycles. The molecule has 1 N–H and O–H groups in total. The van der Waals surface area contributed by atoms with E-state index in [1.807, 2.05) is 30.3 Å². The van der Waals surface area contributed by atoms with Gasteiger partial charge < -0.3 is 4.98 Å². The maximum absolute atomic E-state index is 12.5. The molecule has 0 spiro atoms. The summed E-state index contributed by atoms with van der Waals surface area (Å²) in [6.07, 6.45) is 5.13. The highest BCUT2D eigenvalue weighted by Gasteiger charge is 2.16. The lowest BCUT2D eigenvalue weighted by Gasteiger charge is -2.02. The van der Waals surface area contributed by atoms with Crippen LogP contribution in [-0.2, 0) is 0 Å². The Morgan fingerprint density at radius 2 is 2.00 bits per heavy atom. The largest absolute Gasteiger partial charge is 0.360 e. The molecular formula is C14H9BrN2O. The van der Waals surface area contributed by atoms with Gasteiger partial charge in [-0.1, -0.05) is 28.1 Å². The third-order valence-electron chi connectivity index (χ3n) is 2.85. The number of pyridine rings is 1. The lowest BCUT2D eigenvalue weighted by molar-refractivity contribution is 0.103. The Morgan fingerprint density at radius 1 is 1.17 bits per heavy atom. The van der Waals surface area contributed by atoms with Gasteiger partial charge in [0.2, 0.25) is 0 Å². The smallest absolute Gasteiger partial charge is 0.196 e. The molecule has 0 bridgehead atoms. The number of hydrogen-bond donors (Lipinski definition) is 1. The fourth-order valence-electron chi connectivity index (χ4n) is 1.94. The first-order valence-corrected chi connectivity index (χ1v) is 6.27. The predicted octanol–water partition coefficient (Wildman–Crippen LogP) is 3.56. The van der Waals surface area contributed by atoms with E-state index >= 15 is 0 Å². The van der Waals surface area contributed by atoms with Gasteiger partial charge in [0.05, 0.1) is 0 Å². The lowest BCUT2D eigenvalue weighted by Crippen LogP contribution is -2.01. The highest BCUT2D eigenvalue weighted by atomic mass is 79.9. The zero-order chi connectivity index (χ0) is 12.5. The summed E-state index contributed by atoms with van der Waals surface area (Å²) in [5, 5.41) is 0.846. The van der Waals surface area contributed by atoms with Crippen LogP contribution in [0.3, 0.4) is 0 Å². The summed E-state index contributed by atoms with van der Waals surface area (Å²) in [6.45, 7) is 0. The molecule has 0 aliphatic heterocycles. The molecule has 3 aromatic rings. The molecule has 0 saturated carbocycles. The average Bonchev–Trinajstić information content (AvgIpc) is 2.82. The first-order chi connectivity index (χ1) is 8.77. The van der Waals surface area contributed by atoms with Gasteiger partial charge >= 0.3 is 0 Å². The van der Waals surface area contributed by atoms with Crippen LogP contribution in [-0.4, -0.2) is 15.8 Å². The first kappa shape index (κ1) is 11.2. The van der Waals surface area contributed by atoms with Gasteiger partial charge in [-0.2, -0.15) is 0 Å². The maximum Gasteiger partial charge on any atom is 0.196 e. The second-order valence-electron chi connectivity index (χ2n) is 3.93. The Kier molecular flexibility index (Phi) is 2.72. The monoisotopic (exact) mass is 300 g/mol. The van der Waals surface area contributed by atoms with Crippen molar-refractivity contribution in [3.05, 3.63) is 64.5 Å². The topological polar surface area (TPSA) is 45.8 Å². The second-order valence-corrected chi connectivity index (χ2v) is 4.79. The van der Waals surface area contributed by atoms with Crippen LogP contribution >= 0.6 is 15.9 Å². The molecule has 1 aromatic carbocycles. The van der Waals surface area contributed by atoms with Crippen LogP contribution in [0.15, 0.2) is 53.4 Å². The lowest BCUT2D eigenvalue weighted by atomic mass is 10.0. The first-order valence-electron chi connectivity index (χ1n) is 5.47. The van der Waals surface area contributed by atoms with Crippen molar-refractivity contribution in [2.45, 2.75) is 0 Å². The van der Waals surface area contributed by atoms with Crippen molar-refractivity contribution in [2.75, 3.05) is 0 Å². The van der Waals surface area contributed by atoms with Gasteiger partial charge in [0.15, 0.2) is 5.78 Å². The van der Waals surface area contributed by atoms with Crippen LogP contribution in [0.4, 0.5) is 0 Å². The van der Waals surface area contributed by atoms with Gasteiger partial charge in [0.25, 0.3) is 0 Å². The number of carbonyl (C=O) groups is 1. The summed E-state index contributed by atoms with van der Waals surface area (Å²) in [7, 11) is 0. The van der Waals surface area contributed by atoms with E-state index in [1.54, 1.807) is 18.6 Å². The molecule has 0 aliphatic rings. The van der Waals surface area contributed by atoms with Crippen LogP contribution in [0.5, 0.6) is 0 Å². The SMILES string of the molecule is O=C(c1ccccc1Br)c1c[nH]c2ccncc12. The predicted molar refractivity (Wildman–Crippen MR) is 73.7 cm³/mol. The quantitative estimate of drug-likeness (QED) is 0.736. The van der Waals surface area contributed by atoms with E-state index in [1.165, 1.54) is 0 Å². The Morgan fingerprint density at radius 3 is 2.83 bits per heavy atom. The van der Waals surface area contributed by atoms with Crippen molar-refractivity contribution in [1.29, 1.82) is 0 Å². The van der Waals surface area contributed by atoms with Gasteiger partial charge in [0, 0.05) is 45.1 Å². The van der Waals surface area contributed by atoms with Crippen LogP contribution in [0.2, 0.25) is 0 Å². The standard InChI is InChI=1S/C14H9BrN2O/c15-12-4-2-1-3-9(12)14(18)11-8-17-13-5-6-16-7-10(11)13/h1-8,17H. The number of benzene rings is 1. The fraction of sp³-hybridized carbons (Fsp3) is 0. The van der Waals surface area contributed by atoms with Crippen molar-refractivity contribution >= 4 is 32.6 Å². The molecule has 88 valence electrons. The number of carbonyl (C=O) groups excluding carboxylic acids is 1. The molecule has 18 heavy (non-hydrogen) atoms. The minimum absolute atomic E-state index is 0.0123. The molecule has 0 amide bonds. The van der Waals surface area contributed by atoms with Gasteiger partial charge in [-0.15, -0.1) is 0 Å². The highest BCUT2D eigenvalue weighted by Crippen LogP contribution is 2.24. The van der Waals surface area contributed by atoms with Gasteiger partial charge in [-0.25, -0.2) is 0 Å². The van der Waals surface area contributed by atoms with E-state index in [0.29, 0.717) is 11.1 Å². The number of halogens is 1. The number of ketones is 1. The third kappa shape index (κ3) is 1.75. The zero-order valence-electron chi connectivity index (χ0n) is 9.35. The number of aromatic amines is 1. The van der Waals surface area contributed by atoms with Crippen LogP contribution in [0.1, 0.15) is 15.9 Å². The minimum Gasteiger partial charge on any atom is -0.360 e. The van der Waals surface area contributed by atoms with Crippen LogP contribution in [0.25, 0.3) is 10.9 Å². The number of H-pyrrole nitrogens is 1. The van der Waals surface area contributed by atoms with Gasteiger partial charge in [-0.05, 0) is 18.2 Å². The number of hydrogen-bond acceptors (Lipinski definition) is 2. The average molecular weight is 301 g/mol.